The Labute approximate surface area is 326 Å². The van der Waals surface area contributed by atoms with Gasteiger partial charge in [-0.2, -0.15) is 0 Å². The summed E-state index contributed by atoms with van der Waals surface area (Å²) in [6, 6.07) is -0.776. The number of nitrogens with one attached hydrogen (secondary N) is 1. The third-order valence-electron chi connectivity index (χ3n) is 9.45. The monoisotopic (exact) mass is 767 g/mol. The van der Waals surface area contributed by atoms with Crippen molar-refractivity contribution >= 4 is 13.7 Å². The maximum Gasteiger partial charge on any atom is 0.472 e. The van der Waals surface area contributed by atoms with E-state index in [0.29, 0.717) is 12.8 Å². The third-order valence-corrected chi connectivity index (χ3v) is 10.4. The predicted molar refractivity (Wildman–Crippen MR) is 226 cm³/mol. The summed E-state index contributed by atoms with van der Waals surface area (Å²) in [7, 11) is -4.31. The zero-order valence-electron chi connectivity index (χ0n) is 34.2. The molecule has 9 heteroatoms. The molecule has 0 aliphatic heterocycles. The van der Waals surface area contributed by atoms with Crippen LogP contribution in [-0.2, 0) is 18.4 Å². The molecule has 0 bridgehead atoms. The fourth-order valence-electron chi connectivity index (χ4n) is 6.19. The number of carbonyl (C=O) groups is 1. The van der Waals surface area contributed by atoms with Crippen molar-refractivity contribution in [1.82, 2.24) is 5.32 Å². The summed E-state index contributed by atoms with van der Waals surface area (Å²) in [5, 5.41) is 13.8. The molecule has 0 fully saturated rings. The molecule has 0 spiro atoms. The van der Waals surface area contributed by atoms with E-state index in [2.05, 4.69) is 67.8 Å². The normalized spacial score (nSPS) is 14.6. The first kappa shape index (κ1) is 51.5. The Balaban J connectivity index is 4.08. The molecule has 0 heterocycles. The number of aliphatic hydroxyl groups excluding tert-OH is 1. The fraction of sp³-hybridized carbons (Fsp3) is 0.795. The van der Waals surface area contributed by atoms with Gasteiger partial charge < -0.3 is 21.1 Å². The van der Waals surface area contributed by atoms with Crippen LogP contribution in [0.25, 0.3) is 0 Å². The van der Waals surface area contributed by atoms with Gasteiger partial charge in [-0.1, -0.05) is 184 Å². The van der Waals surface area contributed by atoms with Crippen molar-refractivity contribution in [1.29, 1.82) is 0 Å². The standard InChI is InChI=1S/C44H83N2O6P/c1-3-5-7-9-11-13-15-16-17-18-19-20-21-22-23-24-25-26-28-30-32-34-36-38-44(48)46-42(41-52-53(49,50)51-40-39-45)43(47)37-35-33-31-29-27-14-12-10-8-6-4-2/h5,7,11,13,16-17,19-20,42-43,47H,3-4,6,8-10,12,14-15,18,21-41,45H2,1-2H3,(H,46,48)(H,49,50)/b7-5-,13-11-,17-16-,20-19-. The van der Waals surface area contributed by atoms with Gasteiger partial charge in [0.15, 0.2) is 0 Å². The lowest BCUT2D eigenvalue weighted by molar-refractivity contribution is -0.123. The Morgan fingerprint density at radius 1 is 0.642 bits per heavy atom. The number of phosphoric ester groups is 1. The minimum Gasteiger partial charge on any atom is -0.391 e. The second-order valence-corrected chi connectivity index (χ2v) is 16.0. The maximum absolute atomic E-state index is 12.8. The second-order valence-electron chi connectivity index (χ2n) is 14.5. The number of hydrogen-bond acceptors (Lipinski definition) is 6. The zero-order valence-corrected chi connectivity index (χ0v) is 35.1. The van der Waals surface area contributed by atoms with E-state index in [9.17, 15) is 19.4 Å². The van der Waals surface area contributed by atoms with Gasteiger partial charge in [0.2, 0.25) is 5.91 Å². The second kappa shape index (κ2) is 40.1. The van der Waals surface area contributed by atoms with Crippen LogP contribution >= 0.6 is 7.82 Å². The summed E-state index contributed by atoms with van der Waals surface area (Å²) < 4.78 is 22.1. The molecule has 0 aliphatic rings. The highest BCUT2D eigenvalue weighted by atomic mass is 31.2. The molecule has 8 nitrogen and oxygen atoms in total. The first-order valence-electron chi connectivity index (χ1n) is 21.8. The highest BCUT2D eigenvalue weighted by Crippen LogP contribution is 2.43. The van der Waals surface area contributed by atoms with Crippen molar-refractivity contribution in [2.24, 2.45) is 5.73 Å². The van der Waals surface area contributed by atoms with E-state index in [1.54, 1.807) is 0 Å². The molecule has 0 saturated heterocycles. The molecule has 310 valence electrons. The quantitative estimate of drug-likeness (QED) is 0.0277. The van der Waals surface area contributed by atoms with E-state index >= 15 is 0 Å². The average Bonchev–Trinajstić information content (AvgIpc) is 3.14. The van der Waals surface area contributed by atoms with Crippen LogP contribution in [0.1, 0.15) is 194 Å². The lowest BCUT2D eigenvalue weighted by Gasteiger charge is -2.25. The summed E-state index contributed by atoms with van der Waals surface area (Å²) in [5.41, 5.74) is 5.37. The topological polar surface area (TPSA) is 131 Å². The van der Waals surface area contributed by atoms with Gasteiger partial charge in [0, 0.05) is 13.0 Å². The molecule has 0 aromatic carbocycles. The van der Waals surface area contributed by atoms with E-state index in [4.69, 9.17) is 14.8 Å². The number of carbonyl (C=O) groups excluding carboxylic acids is 1. The number of aliphatic hydroxyl groups is 1. The highest BCUT2D eigenvalue weighted by molar-refractivity contribution is 7.47. The van der Waals surface area contributed by atoms with Gasteiger partial charge in [-0.15, -0.1) is 0 Å². The molecular weight excluding hydrogens is 683 g/mol. The Bertz CT molecular complexity index is 970. The van der Waals surface area contributed by atoms with Gasteiger partial charge >= 0.3 is 7.82 Å². The summed E-state index contributed by atoms with van der Waals surface area (Å²) in [6.45, 7) is 4.08. The third kappa shape index (κ3) is 38.5. The van der Waals surface area contributed by atoms with Crippen LogP contribution in [0.2, 0.25) is 0 Å². The first-order chi connectivity index (χ1) is 25.9. The molecule has 0 radical (unpaired) electrons. The summed E-state index contributed by atoms with van der Waals surface area (Å²) >= 11 is 0. The van der Waals surface area contributed by atoms with Gasteiger partial charge in [-0.25, -0.2) is 4.57 Å². The minimum absolute atomic E-state index is 0.0866. The first-order valence-corrected chi connectivity index (χ1v) is 23.2. The minimum atomic E-state index is -4.31. The molecule has 53 heavy (non-hydrogen) atoms. The fourth-order valence-corrected chi connectivity index (χ4v) is 6.95. The van der Waals surface area contributed by atoms with Crippen molar-refractivity contribution in [3.8, 4) is 0 Å². The van der Waals surface area contributed by atoms with Gasteiger partial charge in [-0.05, 0) is 51.4 Å². The van der Waals surface area contributed by atoms with Gasteiger partial charge in [0.25, 0.3) is 0 Å². The average molecular weight is 767 g/mol. The molecule has 0 rings (SSSR count). The number of phosphoric acid groups is 1. The number of unbranched alkanes of at least 4 members (excludes halogenated alkanes) is 20. The summed E-state index contributed by atoms with van der Waals surface area (Å²) in [5.74, 6) is -0.169. The van der Waals surface area contributed by atoms with E-state index in [1.807, 2.05) is 0 Å². The Morgan fingerprint density at radius 2 is 1.09 bits per heavy atom. The molecule has 0 aliphatic carbocycles. The number of amides is 1. The van der Waals surface area contributed by atoms with Crippen molar-refractivity contribution in [3.63, 3.8) is 0 Å². The van der Waals surface area contributed by atoms with Crippen molar-refractivity contribution in [2.75, 3.05) is 19.8 Å². The molecule has 5 N–H and O–H groups in total. The van der Waals surface area contributed by atoms with Gasteiger partial charge in [0.05, 0.1) is 25.4 Å². The molecule has 1 amide bonds. The highest BCUT2D eigenvalue weighted by Gasteiger charge is 2.27. The van der Waals surface area contributed by atoms with E-state index in [-0.39, 0.29) is 25.7 Å². The predicted octanol–water partition coefficient (Wildman–Crippen LogP) is 12.1. The number of rotatable bonds is 40. The van der Waals surface area contributed by atoms with E-state index in [1.165, 1.54) is 103 Å². The van der Waals surface area contributed by atoms with Crippen LogP contribution in [0, 0.1) is 0 Å². The molecule has 0 aromatic heterocycles. The van der Waals surface area contributed by atoms with Crippen molar-refractivity contribution < 1.29 is 28.4 Å². The van der Waals surface area contributed by atoms with Crippen LogP contribution in [0.4, 0.5) is 0 Å². The molecule has 0 saturated carbocycles. The smallest absolute Gasteiger partial charge is 0.391 e. The van der Waals surface area contributed by atoms with E-state index in [0.717, 1.165) is 64.2 Å². The Hall–Kier alpha value is -1.54. The number of allylic oxidation sites excluding steroid dienone is 8. The van der Waals surface area contributed by atoms with Crippen molar-refractivity contribution in [3.05, 3.63) is 48.6 Å². The lowest BCUT2D eigenvalue weighted by atomic mass is 10.0. The van der Waals surface area contributed by atoms with Crippen LogP contribution in [-0.4, -0.2) is 47.8 Å². The summed E-state index contributed by atoms with van der Waals surface area (Å²) in [4.78, 5) is 22.7. The van der Waals surface area contributed by atoms with Gasteiger partial charge in [0.1, 0.15) is 0 Å². The van der Waals surface area contributed by atoms with Crippen LogP contribution in [0.15, 0.2) is 48.6 Å². The molecule has 3 atom stereocenters. The summed E-state index contributed by atoms with van der Waals surface area (Å²) in [6.07, 6.45) is 48.3. The lowest BCUT2D eigenvalue weighted by Crippen LogP contribution is -2.46. The van der Waals surface area contributed by atoms with Crippen molar-refractivity contribution in [2.45, 2.75) is 206 Å². The largest absolute Gasteiger partial charge is 0.472 e. The van der Waals surface area contributed by atoms with Crippen LogP contribution in [0.5, 0.6) is 0 Å². The maximum atomic E-state index is 12.8. The van der Waals surface area contributed by atoms with Crippen LogP contribution in [0.3, 0.4) is 0 Å². The van der Waals surface area contributed by atoms with E-state index < -0.39 is 20.0 Å². The van der Waals surface area contributed by atoms with Gasteiger partial charge in [-0.3, -0.25) is 13.8 Å². The Morgan fingerprint density at radius 3 is 1.60 bits per heavy atom. The zero-order chi connectivity index (χ0) is 38.9. The number of hydrogen-bond donors (Lipinski definition) is 4. The SMILES string of the molecule is CC/C=C\C/C=C\C/C=C\C/C=C\CCCCCCCCCCCCC(=O)NC(COP(=O)(O)OCCN)C(O)CCCCCCCCCCCCC. The molecular formula is C44H83N2O6P. The van der Waals surface area contributed by atoms with Crippen LogP contribution < -0.4 is 11.1 Å². The molecule has 3 unspecified atom stereocenters. The Kier molecular flexibility index (Phi) is 39.0. The molecule has 0 aromatic rings. The number of nitrogens with two attached hydrogens (primary N) is 1.